The SMILES string of the molecule is CN(CC1CCOC1)C(=O)Nc1cc(F)cc(F)c1. The maximum atomic E-state index is 13.0. The third-order valence-electron chi connectivity index (χ3n) is 3.02. The van der Waals surface area contributed by atoms with Crippen molar-refractivity contribution in [3.05, 3.63) is 29.8 Å². The lowest BCUT2D eigenvalue weighted by Crippen LogP contribution is -2.35. The molecular weight excluding hydrogens is 254 g/mol. The Labute approximate surface area is 110 Å². The summed E-state index contributed by atoms with van der Waals surface area (Å²) in [6, 6.07) is 2.52. The summed E-state index contributed by atoms with van der Waals surface area (Å²) in [6.07, 6.45) is 0.923. The molecule has 0 bridgehead atoms. The van der Waals surface area contributed by atoms with E-state index in [4.69, 9.17) is 4.74 Å². The second-order valence-electron chi connectivity index (χ2n) is 4.70. The van der Waals surface area contributed by atoms with Crippen LogP contribution in [0.15, 0.2) is 18.2 Å². The van der Waals surface area contributed by atoms with Gasteiger partial charge in [0.25, 0.3) is 0 Å². The molecule has 1 aliphatic rings. The van der Waals surface area contributed by atoms with Crippen molar-refractivity contribution in [3.8, 4) is 0 Å². The first-order valence-corrected chi connectivity index (χ1v) is 6.10. The van der Waals surface area contributed by atoms with Crippen molar-refractivity contribution >= 4 is 11.7 Å². The Bertz CT molecular complexity index is 442. The molecule has 1 fully saturated rings. The van der Waals surface area contributed by atoms with E-state index in [-0.39, 0.29) is 5.69 Å². The highest BCUT2D eigenvalue weighted by atomic mass is 19.1. The molecule has 0 saturated carbocycles. The molecule has 1 atom stereocenters. The number of carbonyl (C=O) groups is 1. The molecule has 19 heavy (non-hydrogen) atoms. The number of anilines is 1. The molecule has 6 heteroatoms. The summed E-state index contributed by atoms with van der Waals surface area (Å²) in [5.41, 5.74) is 0.108. The minimum absolute atomic E-state index is 0.108. The number of nitrogens with one attached hydrogen (secondary N) is 1. The number of hydrogen-bond donors (Lipinski definition) is 1. The monoisotopic (exact) mass is 270 g/mol. The minimum atomic E-state index is -0.720. The third-order valence-corrected chi connectivity index (χ3v) is 3.02. The second-order valence-corrected chi connectivity index (χ2v) is 4.70. The summed E-state index contributed by atoms with van der Waals surface area (Å²) in [7, 11) is 1.64. The highest BCUT2D eigenvalue weighted by molar-refractivity contribution is 5.89. The Morgan fingerprint density at radius 2 is 2.11 bits per heavy atom. The summed E-state index contributed by atoms with van der Waals surface area (Å²) in [4.78, 5) is 13.3. The van der Waals surface area contributed by atoms with E-state index in [0.717, 1.165) is 31.2 Å². The first-order valence-electron chi connectivity index (χ1n) is 6.10. The van der Waals surface area contributed by atoms with Crippen molar-refractivity contribution in [3.63, 3.8) is 0 Å². The summed E-state index contributed by atoms with van der Waals surface area (Å²) >= 11 is 0. The number of halogens is 2. The zero-order valence-electron chi connectivity index (χ0n) is 10.7. The second kappa shape index (κ2) is 5.97. The van der Waals surface area contributed by atoms with Crippen LogP contribution in [-0.4, -0.2) is 37.7 Å². The first-order chi connectivity index (χ1) is 9.04. The smallest absolute Gasteiger partial charge is 0.321 e. The van der Waals surface area contributed by atoms with Gasteiger partial charge in [-0.25, -0.2) is 13.6 Å². The van der Waals surface area contributed by atoms with Gasteiger partial charge in [0.2, 0.25) is 0 Å². The quantitative estimate of drug-likeness (QED) is 0.916. The summed E-state index contributed by atoms with van der Waals surface area (Å²) in [6.45, 7) is 1.92. The highest BCUT2D eigenvalue weighted by Gasteiger charge is 2.20. The fourth-order valence-corrected chi connectivity index (χ4v) is 2.04. The van der Waals surface area contributed by atoms with Crippen LogP contribution in [-0.2, 0) is 4.74 Å². The number of hydrogen-bond acceptors (Lipinski definition) is 2. The Morgan fingerprint density at radius 3 is 2.68 bits per heavy atom. The van der Waals surface area contributed by atoms with Crippen LogP contribution in [0, 0.1) is 17.6 Å². The third kappa shape index (κ3) is 3.89. The Balaban J connectivity index is 1.91. The zero-order valence-corrected chi connectivity index (χ0v) is 10.7. The molecule has 4 nitrogen and oxygen atoms in total. The lowest BCUT2D eigenvalue weighted by atomic mass is 10.1. The topological polar surface area (TPSA) is 41.6 Å². The minimum Gasteiger partial charge on any atom is -0.381 e. The summed E-state index contributed by atoms with van der Waals surface area (Å²) < 4.78 is 31.2. The van der Waals surface area contributed by atoms with Crippen molar-refractivity contribution in [2.24, 2.45) is 5.92 Å². The van der Waals surface area contributed by atoms with Gasteiger partial charge in [0.1, 0.15) is 11.6 Å². The largest absolute Gasteiger partial charge is 0.381 e. The number of benzene rings is 1. The number of nitrogens with zero attached hydrogens (tertiary/aromatic N) is 1. The van der Waals surface area contributed by atoms with Crippen LogP contribution < -0.4 is 5.32 Å². The Hall–Kier alpha value is -1.69. The molecule has 2 amide bonds. The number of carbonyl (C=O) groups excluding carboxylic acids is 1. The van der Waals surface area contributed by atoms with Gasteiger partial charge in [-0.05, 0) is 18.6 Å². The Morgan fingerprint density at radius 1 is 1.42 bits per heavy atom. The van der Waals surface area contributed by atoms with E-state index >= 15 is 0 Å². The van der Waals surface area contributed by atoms with Gasteiger partial charge in [0, 0.05) is 37.9 Å². The molecule has 0 aromatic heterocycles. The van der Waals surface area contributed by atoms with Crippen LogP contribution in [0.3, 0.4) is 0 Å². The van der Waals surface area contributed by atoms with E-state index in [1.54, 1.807) is 7.05 Å². The molecular formula is C13H16F2N2O2. The molecule has 1 saturated heterocycles. The van der Waals surface area contributed by atoms with Gasteiger partial charge in [-0.15, -0.1) is 0 Å². The fourth-order valence-electron chi connectivity index (χ4n) is 2.04. The molecule has 104 valence electrons. The number of rotatable bonds is 3. The van der Waals surface area contributed by atoms with Gasteiger partial charge < -0.3 is 15.0 Å². The van der Waals surface area contributed by atoms with Crippen LogP contribution in [0.2, 0.25) is 0 Å². The lowest BCUT2D eigenvalue weighted by Gasteiger charge is -2.20. The number of ether oxygens (including phenoxy) is 1. The van der Waals surface area contributed by atoms with Gasteiger partial charge in [0.15, 0.2) is 0 Å². The van der Waals surface area contributed by atoms with Crippen molar-refractivity contribution in [2.45, 2.75) is 6.42 Å². The molecule has 0 aliphatic carbocycles. The average Bonchev–Trinajstić information content (AvgIpc) is 2.80. The maximum absolute atomic E-state index is 13.0. The standard InChI is InChI=1S/C13H16F2N2O2/c1-17(7-9-2-3-19-8-9)13(18)16-12-5-10(14)4-11(15)6-12/h4-6,9H,2-3,7-8H2,1H3,(H,16,18). The van der Waals surface area contributed by atoms with Gasteiger partial charge in [-0.3, -0.25) is 0 Å². The summed E-state index contributed by atoms with van der Waals surface area (Å²) in [5, 5.41) is 2.46. The lowest BCUT2D eigenvalue weighted by molar-refractivity contribution is 0.175. The van der Waals surface area contributed by atoms with Gasteiger partial charge in [-0.1, -0.05) is 0 Å². The van der Waals surface area contributed by atoms with E-state index in [0.29, 0.717) is 19.1 Å². The predicted molar refractivity (Wildman–Crippen MR) is 66.9 cm³/mol. The number of urea groups is 1. The molecule has 1 aromatic carbocycles. The van der Waals surface area contributed by atoms with Crippen molar-refractivity contribution in [2.75, 3.05) is 32.1 Å². The molecule has 0 radical (unpaired) electrons. The van der Waals surface area contributed by atoms with E-state index < -0.39 is 17.7 Å². The van der Waals surface area contributed by atoms with Crippen LogP contribution in [0.1, 0.15) is 6.42 Å². The van der Waals surface area contributed by atoms with E-state index in [1.165, 1.54) is 4.90 Å². The molecule has 1 aromatic rings. The molecule has 1 heterocycles. The van der Waals surface area contributed by atoms with Crippen LogP contribution in [0.5, 0.6) is 0 Å². The fraction of sp³-hybridized carbons (Fsp3) is 0.462. The van der Waals surface area contributed by atoms with Crippen molar-refractivity contribution in [1.82, 2.24) is 4.90 Å². The molecule has 2 rings (SSSR count). The molecule has 0 spiro atoms. The first kappa shape index (κ1) is 13.7. The Kier molecular flexibility index (Phi) is 4.31. The normalized spacial score (nSPS) is 18.4. The van der Waals surface area contributed by atoms with Gasteiger partial charge in [0.05, 0.1) is 6.61 Å². The van der Waals surface area contributed by atoms with Crippen molar-refractivity contribution in [1.29, 1.82) is 0 Å². The average molecular weight is 270 g/mol. The summed E-state index contributed by atoms with van der Waals surface area (Å²) in [5.74, 6) is -1.12. The predicted octanol–water partition coefficient (Wildman–Crippen LogP) is 2.47. The van der Waals surface area contributed by atoms with Gasteiger partial charge in [-0.2, -0.15) is 0 Å². The van der Waals surface area contributed by atoms with Crippen LogP contribution in [0.4, 0.5) is 19.3 Å². The van der Waals surface area contributed by atoms with Crippen molar-refractivity contribution < 1.29 is 18.3 Å². The molecule has 1 unspecified atom stereocenters. The molecule has 1 aliphatic heterocycles. The van der Waals surface area contributed by atoms with Crippen LogP contribution >= 0.6 is 0 Å². The number of amides is 2. The zero-order chi connectivity index (χ0) is 13.8. The van der Waals surface area contributed by atoms with E-state index in [9.17, 15) is 13.6 Å². The van der Waals surface area contributed by atoms with E-state index in [1.807, 2.05) is 0 Å². The maximum Gasteiger partial charge on any atom is 0.321 e. The van der Waals surface area contributed by atoms with Gasteiger partial charge >= 0.3 is 6.03 Å². The highest BCUT2D eigenvalue weighted by Crippen LogP contribution is 2.16. The van der Waals surface area contributed by atoms with Crippen LogP contribution in [0.25, 0.3) is 0 Å². The van der Waals surface area contributed by atoms with E-state index in [2.05, 4.69) is 5.32 Å². The molecule has 1 N–H and O–H groups in total.